The zero-order valence-corrected chi connectivity index (χ0v) is 10.4. The van der Waals surface area contributed by atoms with E-state index in [1.165, 1.54) is 0 Å². The Morgan fingerprint density at radius 3 is 3.12 bits per heavy atom. The number of pyridine rings is 1. The highest BCUT2D eigenvalue weighted by Gasteiger charge is 2.05. The number of nitrogens with one attached hydrogen (secondary N) is 2. The largest absolute Gasteiger partial charge is 0.389 e. The fraction of sp³-hybridized carbons (Fsp3) is 0.100. The molecule has 0 unspecified atom stereocenters. The predicted octanol–water partition coefficient (Wildman–Crippen LogP) is 1.08. The predicted molar refractivity (Wildman–Crippen MR) is 72.4 cm³/mol. The lowest BCUT2D eigenvalue weighted by molar-refractivity contribution is 1.04. The molecule has 0 amide bonds. The van der Waals surface area contributed by atoms with Gasteiger partial charge in [-0.05, 0) is 12.1 Å². The summed E-state index contributed by atoms with van der Waals surface area (Å²) in [5.41, 5.74) is 7.08. The number of rotatable bonds is 4. The average Bonchev–Trinajstić information content (AvgIpc) is 2.73. The van der Waals surface area contributed by atoms with Crippen LogP contribution in [0.3, 0.4) is 0 Å². The summed E-state index contributed by atoms with van der Waals surface area (Å²) in [5, 5.41) is 4.84. The molecule has 0 radical (unpaired) electrons. The van der Waals surface area contributed by atoms with Gasteiger partial charge in [-0.2, -0.15) is 0 Å². The molecule has 0 bridgehead atoms. The van der Waals surface area contributed by atoms with Gasteiger partial charge in [0.05, 0.1) is 12.1 Å². The number of aromatic amines is 1. The molecule has 2 aromatic rings. The van der Waals surface area contributed by atoms with E-state index in [9.17, 15) is 4.79 Å². The third-order valence-electron chi connectivity index (χ3n) is 2.09. The molecule has 0 saturated carbocycles. The van der Waals surface area contributed by atoms with Crippen molar-refractivity contribution in [2.45, 2.75) is 6.54 Å². The fourth-order valence-corrected chi connectivity index (χ4v) is 2.07. The molecule has 2 aromatic heterocycles. The second kappa shape index (κ2) is 5.07. The van der Waals surface area contributed by atoms with Crippen LogP contribution in [-0.4, -0.2) is 15.0 Å². The smallest absolute Gasteiger partial charge is 0.304 e. The molecule has 17 heavy (non-hydrogen) atoms. The van der Waals surface area contributed by atoms with E-state index < -0.39 is 0 Å². The van der Waals surface area contributed by atoms with Gasteiger partial charge in [-0.15, -0.1) is 0 Å². The van der Waals surface area contributed by atoms with Gasteiger partial charge in [0.15, 0.2) is 0 Å². The van der Waals surface area contributed by atoms with Crippen molar-refractivity contribution < 1.29 is 0 Å². The van der Waals surface area contributed by atoms with E-state index >= 15 is 0 Å². The van der Waals surface area contributed by atoms with Crippen LogP contribution in [0.5, 0.6) is 0 Å². The number of anilines is 1. The van der Waals surface area contributed by atoms with Crippen molar-refractivity contribution in [1.82, 2.24) is 9.97 Å². The molecule has 0 aliphatic heterocycles. The lowest BCUT2D eigenvalue weighted by Gasteiger charge is -2.08. The number of aromatic nitrogens is 2. The first-order chi connectivity index (χ1) is 8.16. The van der Waals surface area contributed by atoms with Gasteiger partial charge in [0, 0.05) is 17.3 Å². The number of nitrogens with zero attached hydrogens (tertiary/aromatic N) is 1. The minimum atomic E-state index is -0.0719. The molecule has 88 valence electrons. The maximum Gasteiger partial charge on any atom is 0.304 e. The van der Waals surface area contributed by atoms with E-state index in [0.717, 1.165) is 17.0 Å². The summed E-state index contributed by atoms with van der Waals surface area (Å²) in [6.45, 7) is 0.478. The number of H-pyrrole nitrogens is 1. The number of hydrogen-bond acceptors (Lipinski definition) is 5. The van der Waals surface area contributed by atoms with Crippen molar-refractivity contribution in [3.8, 4) is 0 Å². The van der Waals surface area contributed by atoms with Gasteiger partial charge in [-0.25, -0.2) is 4.98 Å². The van der Waals surface area contributed by atoms with Crippen molar-refractivity contribution >= 4 is 34.4 Å². The lowest BCUT2D eigenvalue weighted by atomic mass is 10.2. The van der Waals surface area contributed by atoms with Gasteiger partial charge in [0.1, 0.15) is 10.8 Å². The summed E-state index contributed by atoms with van der Waals surface area (Å²) >= 11 is 6.05. The molecule has 0 fully saturated rings. The van der Waals surface area contributed by atoms with E-state index in [1.807, 2.05) is 0 Å². The van der Waals surface area contributed by atoms with Crippen LogP contribution in [0.1, 0.15) is 11.3 Å². The van der Waals surface area contributed by atoms with Gasteiger partial charge in [0.25, 0.3) is 0 Å². The molecule has 5 nitrogen and oxygen atoms in total. The molecular formula is C10H10N4OS2. The van der Waals surface area contributed by atoms with Crippen LogP contribution in [0.25, 0.3) is 0 Å². The molecule has 4 N–H and O–H groups in total. The van der Waals surface area contributed by atoms with Gasteiger partial charge in [-0.1, -0.05) is 23.6 Å². The van der Waals surface area contributed by atoms with Gasteiger partial charge in [0.2, 0.25) is 0 Å². The Hall–Kier alpha value is -1.73. The van der Waals surface area contributed by atoms with Crippen LogP contribution < -0.4 is 15.9 Å². The molecule has 0 spiro atoms. The van der Waals surface area contributed by atoms with Crippen molar-refractivity contribution in [2.24, 2.45) is 5.73 Å². The standard InChI is InChI=1S/C10H10N4OS2/c11-8(16)7-2-1-3-12-9(7)13-4-6-5-17-10(15)14-6/h1-3,5H,4H2,(H2,11,16)(H,12,13)(H,14,15). The Morgan fingerprint density at radius 2 is 2.47 bits per heavy atom. The van der Waals surface area contributed by atoms with Crippen LogP contribution in [0.15, 0.2) is 28.5 Å². The minimum Gasteiger partial charge on any atom is -0.389 e. The van der Waals surface area contributed by atoms with Crippen LogP contribution in [0, 0.1) is 0 Å². The highest BCUT2D eigenvalue weighted by molar-refractivity contribution is 7.80. The molecule has 0 aliphatic carbocycles. The normalized spacial score (nSPS) is 10.1. The Balaban J connectivity index is 2.14. The average molecular weight is 266 g/mol. The summed E-state index contributed by atoms with van der Waals surface area (Å²) < 4.78 is 0. The molecule has 0 aliphatic rings. The van der Waals surface area contributed by atoms with Gasteiger partial charge in [-0.3, -0.25) is 4.79 Å². The number of hydrogen-bond donors (Lipinski definition) is 3. The van der Waals surface area contributed by atoms with Gasteiger partial charge < -0.3 is 16.0 Å². The lowest BCUT2D eigenvalue weighted by Crippen LogP contribution is -2.14. The topological polar surface area (TPSA) is 83.8 Å². The Bertz CT molecular complexity index is 590. The fourth-order valence-electron chi connectivity index (χ4n) is 1.32. The van der Waals surface area contributed by atoms with Crippen molar-refractivity contribution in [3.63, 3.8) is 0 Å². The van der Waals surface area contributed by atoms with Gasteiger partial charge >= 0.3 is 4.87 Å². The minimum absolute atomic E-state index is 0.0719. The molecule has 0 atom stereocenters. The second-order valence-electron chi connectivity index (χ2n) is 3.29. The number of thiocarbonyl (C=S) groups is 1. The van der Waals surface area contributed by atoms with Crippen LogP contribution in [0.2, 0.25) is 0 Å². The first-order valence-corrected chi connectivity index (χ1v) is 6.11. The van der Waals surface area contributed by atoms with Crippen molar-refractivity contribution in [1.29, 1.82) is 0 Å². The van der Waals surface area contributed by atoms with Crippen LogP contribution in [-0.2, 0) is 6.54 Å². The zero-order valence-electron chi connectivity index (χ0n) is 8.77. The quantitative estimate of drug-likeness (QED) is 0.721. The molecule has 7 heteroatoms. The van der Waals surface area contributed by atoms with E-state index in [0.29, 0.717) is 22.9 Å². The highest BCUT2D eigenvalue weighted by atomic mass is 32.1. The zero-order chi connectivity index (χ0) is 12.3. The third-order valence-corrected chi connectivity index (χ3v) is 3.03. The maximum atomic E-state index is 11.0. The molecule has 0 saturated heterocycles. The van der Waals surface area contributed by atoms with E-state index in [4.69, 9.17) is 18.0 Å². The molecular weight excluding hydrogens is 256 g/mol. The van der Waals surface area contributed by atoms with Crippen LogP contribution in [0.4, 0.5) is 5.82 Å². The SMILES string of the molecule is NC(=S)c1cccnc1NCc1csc(=O)[nH]1. The van der Waals surface area contributed by atoms with E-state index in [-0.39, 0.29) is 4.87 Å². The van der Waals surface area contributed by atoms with Crippen molar-refractivity contribution in [2.75, 3.05) is 5.32 Å². The van der Waals surface area contributed by atoms with E-state index in [2.05, 4.69) is 15.3 Å². The highest BCUT2D eigenvalue weighted by Crippen LogP contribution is 2.12. The summed E-state index contributed by atoms with van der Waals surface area (Å²) in [5.74, 6) is 0.618. The first kappa shape index (κ1) is 11.7. The van der Waals surface area contributed by atoms with Crippen molar-refractivity contribution in [3.05, 3.63) is 44.6 Å². The van der Waals surface area contributed by atoms with Crippen LogP contribution >= 0.6 is 23.6 Å². The summed E-state index contributed by atoms with van der Waals surface area (Å²) in [7, 11) is 0. The second-order valence-corrected chi connectivity index (χ2v) is 4.57. The Kier molecular flexibility index (Phi) is 3.50. The first-order valence-electron chi connectivity index (χ1n) is 4.82. The maximum absolute atomic E-state index is 11.0. The third kappa shape index (κ3) is 2.89. The summed E-state index contributed by atoms with van der Waals surface area (Å²) in [6.07, 6.45) is 1.65. The Morgan fingerprint density at radius 1 is 1.65 bits per heavy atom. The Labute approximate surface area is 107 Å². The number of thiazole rings is 1. The molecule has 0 aromatic carbocycles. The summed E-state index contributed by atoms with van der Waals surface area (Å²) in [4.78, 5) is 18.0. The van der Waals surface area contributed by atoms with E-state index in [1.54, 1.807) is 23.7 Å². The monoisotopic (exact) mass is 266 g/mol. The molecule has 2 heterocycles. The molecule has 2 rings (SSSR count). The summed E-state index contributed by atoms with van der Waals surface area (Å²) in [6, 6.07) is 3.57. The number of nitrogens with two attached hydrogens (primary N) is 1.